The minimum absolute atomic E-state index is 0.0298. The van der Waals surface area contributed by atoms with Gasteiger partial charge >= 0.3 is 0 Å². The minimum atomic E-state index is -0.312. The highest BCUT2D eigenvalue weighted by Crippen LogP contribution is 2.38. The number of H-pyrrole nitrogens is 1. The molecule has 1 saturated heterocycles. The Balaban J connectivity index is 1.42. The number of fused-ring (bicyclic) bond motifs is 2. The monoisotopic (exact) mass is 438 g/mol. The molecule has 162 valence electrons. The molecule has 3 aromatic rings. The first kappa shape index (κ1) is 20.2. The van der Waals surface area contributed by atoms with Crippen LogP contribution < -0.4 is 5.32 Å². The van der Waals surface area contributed by atoms with Crippen molar-refractivity contribution in [3.63, 3.8) is 0 Å². The van der Waals surface area contributed by atoms with E-state index in [4.69, 9.17) is 4.74 Å². The fourth-order valence-electron chi connectivity index (χ4n) is 4.60. The third-order valence-corrected chi connectivity index (χ3v) is 7.42. The van der Waals surface area contributed by atoms with E-state index in [1.165, 1.54) is 35.4 Å². The molecule has 1 aliphatic heterocycles. The van der Waals surface area contributed by atoms with E-state index in [9.17, 15) is 9.59 Å². The van der Waals surface area contributed by atoms with E-state index in [1.807, 2.05) is 24.3 Å². The fourth-order valence-corrected chi connectivity index (χ4v) is 5.77. The van der Waals surface area contributed by atoms with Crippen LogP contribution in [0.2, 0.25) is 0 Å². The average Bonchev–Trinajstić information content (AvgIpc) is 3.39. The van der Waals surface area contributed by atoms with Gasteiger partial charge in [0.2, 0.25) is 5.91 Å². The Morgan fingerprint density at radius 3 is 3.00 bits per heavy atom. The maximum absolute atomic E-state index is 13.3. The van der Waals surface area contributed by atoms with Crippen LogP contribution in [-0.2, 0) is 28.9 Å². The Bertz CT molecular complexity index is 1140. The second kappa shape index (κ2) is 8.43. The number of nitrogens with zero attached hydrogens (tertiary/aromatic N) is 2. The molecule has 2 aliphatic rings. The summed E-state index contributed by atoms with van der Waals surface area (Å²) in [4.78, 5) is 27.7. The van der Waals surface area contributed by atoms with E-state index < -0.39 is 0 Å². The molecule has 1 fully saturated rings. The lowest BCUT2D eigenvalue weighted by atomic mass is 9.96. The van der Waals surface area contributed by atoms with Gasteiger partial charge in [-0.3, -0.25) is 14.7 Å². The van der Waals surface area contributed by atoms with Gasteiger partial charge in [0.15, 0.2) is 0 Å². The number of aromatic nitrogens is 2. The van der Waals surface area contributed by atoms with Crippen LogP contribution in [0.15, 0.2) is 24.3 Å². The summed E-state index contributed by atoms with van der Waals surface area (Å²) in [5, 5.41) is 11.7. The largest absolute Gasteiger partial charge is 0.370 e. The highest BCUT2D eigenvalue weighted by molar-refractivity contribution is 7.21. The number of thiophene rings is 1. The first-order valence-electron chi connectivity index (χ1n) is 10.8. The van der Waals surface area contributed by atoms with Crippen LogP contribution >= 0.6 is 11.3 Å². The van der Waals surface area contributed by atoms with Gasteiger partial charge in [0.05, 0.1) is 30.3 Å². The topological polar surface area (TPSA) is 87.3 Å². The Morgan fingerprint density at radius 2 is 2.13 bits per heavy atom. The number of aryl methyl sites for hydroxylation is 1. The molecule has 3 heterocycles. The van der Waals surface area contributed by atoms with Gasteiger partial charge in [-0.2, -0.15) is 5.10 Å². The molecule has 2 aromatic heterocycles. The molecule has 31 heavy (non-hydrogen) atoms. The van der Waals surface area contributed by atoms with Crippen molar-refractivity contribution < 1.29 is 14.3 Å². The standard InChI is InChI=1S/C23H26N4O3S/c1-14(28)27-10-11-30-19(13-27)21-16-7-3-5-9-20(16)31-22(21)23(29)24-12-18-15-6-2-4-8-17(15)25-26-18/h3,5,7,9,19H,2,4,6,8,10-13H2,1H3,(H,24,29)(H,25,26). The number of amides is 2. The lowest BCUT2D eigenvalue weighted by Crippen LogP contribution is -2.41. The normalized spacial score (nSPS) is 18.7. The van der Waals surface area contributed by atoms with Crippen molar-refractivity contribution in [1.82, 2.24) is 20.4 Å². The molecule has 1 aromatic carbocycles. The SMILES string of the molecule is CC(=O)N1CCOC(c2c(C(=O)NCc3n[nH]c4c3CCCC4)sc3ccccc23)C1. The number of rotatable bonds is 4. The molecule has 0 spiro atoms. The van der Waals surface area contributed by atoms with Gasteiger partial charge in [0.25, 0.3) is 5.91 Å². The molecule has 0 saturated carbocycles. The van der Waals surface area contributed by atoms with Crippen molar-refractivity contribution in [3.05, 3.63) is 51.7 Å². The third-order valence-electron chi connectivity index (χ3n) is 6.23. The smallest absolute Gasteiger partial charge is 0.262 e. The Labute approximate surface area is 184 Å². The van der Waals surface area contributed by atoms with Crippen molar-refractivity contribution in [3.8, 4) is 0 Å². The number of nitrogens with one attached hydrogen (secondary N) is 2. The Kier molecular flexibility index (Phi) is 5.50. The number of hydrogen-bond acceptors (Lipinski definition) is 5. The number of carbonyl (C=O) groups excluding carboxylic acids is 2. The first-order valence-corrected chi connectivity index (χ1v) is 11.6. The number of morpholine rings is 1. The third kappa shape index (κ3) is 3.85. The van der Waals surface area contributed by atoms with Crippen LogP contribution in [-0.4, -0.2) is 46.6 Å². The molecule has 5 rings (SSSR count). The van der Waals surface area contributed by atoms with Gasteiger partial charge < -0.3 is 15.0 Å². The van der Waals surface area contributed by atoms with E-state index in [0.717, 1.165) is 34.2 Å². The highest BCUT2D eigenvalue weighted by Gasteiger charge is 2.30. The number of hydrogen-bond donors (Lipinski definition) is 2. The highest BCUT2D eigenvalue weighted by atomic mass is 32.1. The molecule has 7 nitrogen and oxygen atoms in total. The number of aromatic amines is 1. The molecule has 0 radical (unpaired) electrons. The number of ether oxygens (including phenoxy) is 1. The summed E-state index contributed by atoms with van der Waals surface area (Å²) in [7, 11) is 0. The summed E-state index contributed by atoms with van der Waals surface area (Å²) in [5.41, 5.74) is 4.28. The zero-order chi connectivity index (χ0) is 21.4. The van der Waals surface area contributed by atoms with Crippen LogP contribution in [0.5, 0.6) is 0 Å². The van der Waals surface area contributed by atoms with E-state index >= 15 is 0 Å². The van der Waals surface area contributed by atoms with Gasteiger partial charge in [-0.15, -0.1) is 11.3 Å². The quantitative estimate of drug-likeness (QED) is 0.654. The summed E-state index contributed by atoms with van der Waals surface area (Å²) in [6.45, 7) is 3.49. The van der Waals surface area contributed by atoms with E-state index in [1.54, 1.807) is 11.8 Å². The van der Waals surface area contributed by atoms with Gasteiger partial charge in [-0.1, -0.05) is 18.2 Å². The predicted molar refractivity (Wildman–Crippen MR) is 119 cm³/mol. The molecule has 0 bridgehead atoms. The molecule has 1 aliphatic carbocycles. The van der Waals surface area contributed by atoms with E-state index in [0.29, 0.717) is 31.1 Å². The van der Waals surface area contributed by atoms with Crippen molar-refractivity contribution in [2.45, 2.75) is 45.3 Å². The molecule has 1 unspecified atom stereocenters. The molecule has 2 amide bonds. The lowest BCUT2D eigenvalue weighted by Gasteiger charge is -2.32. The molecular formula is C23H26N4O3S. The van der Waals surface area contributed by atoms with Crippen LogP contribution in [0.3, 0.4) is 0 Å². The van der Waals surface area contributed by atoms with Gasteiger partial charge in [0, 0.05) is 29.4 Å². The zero-order valence-electron chi connectivity index (χ0n) is 17.6. The summed E-state index contributed by atoms with van der Waals surface area (Å²) >= 11 is 1.48. The molecule has 8 heteroatoms. The van der Waals surface area contributed by atoms with Crippen molar-refractivity contribution in [2.75, 3.05) is 19.7 Å². The Hall–Kier alpha value is -2.71. The summed E-state index contributed by atoms with van der Waals surface area (Å²) in [6, 6.07) is 8.00. The lowest BCUT2D eigenvalue weighted by molar-refractivity contribution is -0.136. The minimum Gasteiger partial charge on any atom is -0.370 e. The molecule has 1 atom stereocenters. The molecular weight excluding hydrogens is 412 g/mol. The summed E-state index contributed by atoms with van der Waals surface area (Å²) in [6.07, 6.45) is 4.09. The van der Waals surface area contributed by atoms with Crippen molar-refractivity contribution in [1.29, 1.82) is 0 Å². The summed E-state index contributed by atoms with van der Waals surface area (Å²) in [5.74, 6) is -0.0885. The summed E-state index contributed by atoms with van der Waals surface area (Å²) < 4.78 is 7.09. The second-order valence-corrected chi connectivity index (χ2v) is 9.23. The fraction of sp³-hybridized carbons (Fsp3) is 0.435. The maximum atomic E-state index is 13.3. The predicted octanol–water partition coefficient (Wildman–Crippen LogP) is 3.35. The van der Waals surface area contributed by atoms with Crippen molar-refractivity contribution >= 4 is 33.2 Å². The average molecular weight is 439 g/mol. The van der Waals surface area contributed by atoms with Crippen molar-refractivity contribution in [2.24, 2.45) is 0 Å². The van der Waals surface area contributed by atoms with Gasteiger partial charge in [-0.25, -0.2) is 0 Å². The molecule has 2 N–H and O–H groups in total. The van der Waals surface area contributed by atoms with Crippen LogP contribution in [0.4, 0.5) is 0 Å². The Morgan fingerprint density at radius 1 is 1.29 bits per heavy atom. The zero-order valence-corrected chi connectivity index (χ0v) is 18.4. The maximum Gasteiger partial charge on any atom is 0.262 e. The van der Waals surface area contributed by atoms with Gasteiger partial charge in [-0.05, 0) is 42.7 Å². The van der Waals surface area contributed by atoms with Crippen LogP contribution in [0, 0.1) is 0 Å². The van der Waals surface area contributed by atoms with E-state index in [2.05, 4.69) is 15.5 Å². The van der Waals surface area contributed by atoms with Crippen LogP contribution in [0.1, 0.15) is 58.1 Å². The van der Waals surface area contributed by atoms with Crippen LogP contribution in [0.25, 0.3) is 10.1 Å². The number of benzene rings is 1. The van der Waals surface area contributed by atoms with Gasteiger partial charge in [0.1, 0.15) is 6.10 Å². The first-order chi connectivity index (χ1) is 15.1. The van der Waals surface area contributed by atoms with E-state index in [-0.39, 0.29) is 17.9 Å². The second-order valence-electron chi connectivity index (χ2n) is 8.18. The number of carbonyl (C=O) groups is 2.